The van der Waals surface area contributed by atoms with Crippen molar-refractivity contribution in [3.05, 3.63) is 47.0 Å². The Morgan fingerprint density at radius 2 is 1.90 bits per heavy atom. The molecule has 1 aromatic carbocycles. The lowest BCUT2D eigenvalue weighted by molar-refractivity contribution is -0.133. The summed E-state index contributed by atoms with van der Waals surface area (Å²) in [5, 5.41) is 11.5. The minimum absolute atomic E-state index is 0.103. The van der Waals surface area contributed by atoms with Gasteiger partial charge in [0.15, 0.2) is 0 Å². The molecule has 7 heteroatoms. The average Bonchev–Trinajstić information content (AvgIpc) is 3.52. The number of hydrogen-bond donors (Lipinski definition) is 1. The highest BCUT2D eigenvalue weighted by atomic mass is 16.2. The molecule has 31 heavy (non-hydrogen) atoms. The van der Waals surface area contributed by atoms with E-state index in [1.54, 1.807) is 0 Å². The van der Waals surface area contributed by atoms with Crippen LogP contribution in [0.15, 0.2) is 24.3 Å². The summed E-state index contributed by atoms with van der Waals surface area (Å²) < 4.78 is 2.04. The molecule has 7 nitrogen and oxygen atoms in total. The fourth-order valence-electron chi connectivity index (χ4n) is 5.01. The molecule has 2 aromatic rings. The maximum atomic E-state index is 12.9. The first kappa shape index (κ1) is 20.2. The molecule has 0 unspecified atom stereocenters. The summed E-state index contributed by atoms with van der Waals surface area (Å²) in [4.78, 5) is 27.5. The lowest BCUT2D eigenvalue weighted by atomic mass is 9.73. The van der Waals surface area contributed by atoms with Crippen LogP contribution < -0.4 is 5.32 Å². The first-order valence-electron chi connectivity index (χ1n) is 11.6. The Balaban J connectivity index is 1.21. The van der Waals surface area contributed by atoms with Gasteiger partial charge >= 0.3 is 0 Å². The van der Waals surface area contributed by atoms with E-state index in [0.29, 0.717) is 18.2 Å². The van der Waals surface area contributed by atoms with Crippen LogP contribution in [0.3, 0.4) is 0 Å². The van der Waals surface area contributed by atoms with Crippen molar-refractivity contribution in [1.29, 1.82) is 0 Å². The molecule has 1 saturated heterocycles. The summed E-state index contributed by atoms with van der Waals surface area (Å²) in [5.41, 5.74) is 2.41. The Bertz CT molecular complexity index is 986. The molecule has 5 rings (SSSR count). The van der Waals surface area contributed by atoms with Gasteiger partial charge < -0.3 is 14.8 Å². The molecular weight excluding hydrogens is 390 g/mol. The predicted molar refractivity (Wildman–Crippen MR) is 117 cm³/mol. The topological polar surface area (TPSA) is 80.1 Å². The zero-order chi connectivity index (χ0) is 21.4. The van der Waals surface area contributed by atoms with Gasteiger partial charge in [-0.25, -0.2) is 0 Å². The average molecular weight is 422 g/mol. The van der Waals surface area contributed by atoms with Gasteiger partial charge in [0.25, 0.3) is 5.91 Å². The van der Waals surface area contributed by atoms with Gasteiger partial charge in [0.05, 0.1) is 6.42 Å². The number of benzene rings is 1. The first-order valence-corrected chi connectivity index (χ1v) is 11.6. The Kier molecular flexibility index (Phi) is 5.28. The van der Waals surface area contributed by atoms with E-state index in [-0.39, 0.29) is 17.2 Å². The number of carbonyl (C=O) groups is 2. The van der Waals surface area contributed by atoms with Crippen molar-refractivity contribution in [2.45, 2.75) is 58.4 Å². The van der Waals surface area contributed by atoms with Crippen molar-refractivity contribution in [2.75, 3.05) is 19.6 Å². The van der Waals surface area contributed by atoms with E-state index >= 15 is 0 Å². The standard InChI is InChI=1S/C24H31N5O2/c1-17-4-2-3-5-19(17)14-21(30)28-12-10-24(11-13-28)9-8-20-26-27-22(29(20)16-24)23(31)25-15-18-6-7-18/h2-5,18H,6-16H2,1H3,(H,25,31). The largest absolute Gasteiger partial charge is 0.349 e. The third kappa shape index (κ3) is 4.23. The molecule has 2 aliphatic heterocycles. The van der Waals surface area contributed by atoms with E-state index in [1.807, 2.05) is 27.7 Å². The van der Waals surface area contributed by atoms with Crippen LogP contribution in [0.1, 0.15) is 59.7 Å². The SMILES string of the molecule is Cc1ccccc1CC(=O)N1CCC2(CCc3nnc(C(=O)NCC4CC4)n3C2)CC1. The van der Waals surface area contributed by atoms with Crippen LogP contribution in [0, 0.1) is 18.3 Å². The number of nitrogens with zero attached hydrogens (tertiary/aromatic N) is 4. The highest BCUT2D eigenvalue weighted by Crippen LogP contribution is 2.41. The Morgan fingerprint density at radius 3 is 2.65 bits per heavy atom. The number of amides is 2. The minimum atomic E-state index is -0.103. The van der Waals surface area contributed by atoms with Crippen molar-refractivity contribution in [1.82, 2.24) is 25.0 Å². The van der Waals surface area contributed by atoms with Gasteiger partial charge in [0.2, 0.25) is 11.7 Å². The molecule has 2 amide bonds. The lowest BCUT2D eigenvalue weighted by Gasteiger charge is -2.44. The Labute approximate surface area is 183 Å². The highest BCUT2D eigenvalue weighted by Gasteiger charge is 2.40. The van der Waals surface area contributed by atoms with Crippen LogP contribution in [0.2, 0.25) is 0 Å². The maximum absolute atomic E-state index is 12.9. The third-order valence-electron chi connectivity index (χ3n) is 7.43. The molecule has 1 N–H and O–H groups in total. The van der Waals surface area contributed by atoms with Gasteiger partial charge in [-0.05, 0) is 61.5 Å². The van der Waals surface area contributed by atoms with Gasteiger partial charge in [-0.2, -0.15) is 0 Å². The Morgan fingerprint density at radius 1 is 1.13 bits per heavy atom. The number of fused-ring (bicyclic) bond motifs is 1. The number of carbonyl (C=O) groups excluding carboxylic acids is 2. The normalized spacial score (nSPS) is 19.8. The highest BCUT2D eigenvalue weighted by molar-refractivity contribution is 5.90. The second-order valence-corrected chi connectivity index (χ2v) is 9.66. The Hall–Kier alpha value is -2.70. The maximum Gasteiger partial charge on any atom is 0.289 e. The summed E-state index contributed by atoms with van der Waals surface area (Å²) in [5.74, 6) is 2.12. The van der Waals surface area contributed by atoms with Crippen molar-refractivity contribution < 1.29 is 9.59 Å². The summed E-state index contributed by atoms with van der Waals surface area (Å²) in [7, 11) is 0. The lowest BCUT2D eigenvalue weighted by Crippen LogP contribution is -2.47. The van der Waals surface area contributed by atoms with Gasteiger partial charge in [-0.1, -0.05) is 24.3 Å². The number of rotatable bonds is 5. The summed E-state index contributed by atoms with van der Waals surface area (Å²) >= 11 is 0. The number of piperidine rings is 1. The summed E-state index contributed by atoms with van der Waals surface area (Å²) in [6.45, 7) is 5.15. The van der Waals surface area contributed by atoms with Gasteiger partial charge in [0.1, 0.15) is 5.82 Å². The van der Waals surface area contributed by atoms with Crippen LogP contribution in [0.4, 0.5) is 0 Å². The van der Waals surface area contributed by atoms with Crippen LogP contribution >= 0.6 is 0 Å². The molecule has 164 valence electrons. The monoisotopic (exact) mass is 421 g/mol. The van der Waals surface area contributed by atoms with E-state index in [4.69, 9.17) is 0 Å². The van der Waals surface area contributed by atoms with E-state index in [9.17, 15) is 9.59 Å². The van der Waals surface area contributed by atoms with Crippen LogP contribution in [-0.2, 0) is 24.2 Å². The molecule has 1 aliphatic carbocycles. The summed E-state index contributed by atoms with van der Waals surface area (Å²) in [6, 6.07) is 8.11. The number of aromatic nitrogens is 3. The van der Waals surface area contributed by atoms with Crippen molar-refractivity contribution in [3.63, 3.8) is 0 Å². The van der Waals surface area contributed by atoms with E-state index in [2.05, 4.69) is 28.5 Å². The van der Waals surface area contributed by atoms with Crippen molar-refractivity contribution in [2.24, 2.45) is 11.3 Å². The minimum Gasteiger partial charge on any atom is -0.349 e. The van der Waals surface area contributed by atoms with Crippen molar-refractivity contribution >= 4 is 11.8 Å². The molecule has 2 fully saturated rings. The zero-order valence-electron chi connectivity index (χ0n) is 18.3. The summed E-state index contributed by atoms with van der Waals surface area (Å²) in [6.07, 6.45) is 6.72. The van der Waals surface area contributed by atoms with Gasteiger partial charge in [-0.15, -0.1) is 10.2 Å². The number of hydrogen-bond acceptors (Lipinski definition) is 4. The van der Waals surface area contributed by atoms with E-state index < -0.39 is 0 Å². The first-order chi connectivity index (χ1) is 15.0. The smallest absolute Gasteiger partial charge is 0.289 e. The fourth-order valence-corrected chi connectivity index (χ4v) is 5.01. The molecule has 1 saturated carbocycles. The molecule has 0 atom stereocenters. The number of likely N-dealkylation sites (tertiary alicyclic amines) is 1. The number of aryl methyl sites for hydroxylation is 2. The molecule has 3 aliphatic rings. The zero-order valence-corrected chi connectivity index (χ0v) is 18.3. The quantitative estimate of drug-likeness (QED) is 0.805. The number of nitrogens with one attached hydrogen (secondary N) is 1. The second kappa shape index (κ2) is 8.09. The molecule has 3 heterocycles. The molecule has 0 bridgehead atoms. The van der Waals surface area contributed by atoms with Gasteiger partial charge in [0, 0.05) is 32.6 Å². The molecule has 1 spiro atoms. The van der Waals surface area contributed by atoms with Crippen LogP contribution in [0.5, 0.6) is 0 Å². The molecule has 0 radical (unpaired) electrons. The van der Waals surface area contributed by atoms with Gasteiger partial charge in [-0.3, -0.25) is 9.59 Å². The fraction of sp³-hybridized carbons (Fsp3) is 0.583. The van der Waals surface area contributed by atoms with Crippen LogP contribution in [-0.4, -0.2) is 51.1 Å². The third-order valence-corrected chi connectivity index (χ3v) is 7.43. The van der Waals surface area contributed by atoms with Crippen LogP contribution in [0.25, 0.3) is 0 Å². The van der Waals surface area contributed by atoms with Crippen molar-refractivity contribution in [3.8, 4) is 0 Å². The molecule has 1 aromatic heterocycles. The van der Waals surface area contributed by atoms with E-state index in [1.165, 1.54) is 18.4 Å². The van der Waals surface area contributed by atoms with E-state index in [0.717, 1.165) is 63.3 Å². The second-order valence-electron chi connectivity index (χ2n) is 9.66. The predicted octanol–water partition coefficient (Wildman–Crippen LogP) is 2.52. The molecular formula is C24H31N5O2.